The molecule has 0 aromatic heterocycles. The van der Waals surface area contributed by atoms with E-state index < -0.39 is 17.5 Å². The third-order valence-corrected chi connectivity index (χ3v) is 3.09. The molecule has 0 N–H and O–H groups in total. The number of hydrogen-bond acceptors (Lipinski definition) is 0. The third kappa shape index (κ3) is 4.18. The fourth-order valence-corrected chi connectivity index (χ4v) is 2.05. The second-order valence-corrected chi connectivity index (χ2v) is 4.85. The topological polar surface area (TPSA) is 0 Å². The molecule has 0 unspecified atom stereocenters. The van der Waals surface area contributed by atoms with Gasteiger partial charge in [-0.25, -0.2) is 17.6 Å². The van der Waals surface area contributed by atoms with Gasteiger partial charge < -0.3 is 0 Å². The molecule has 2 aromatic carbocycles. The van der Waals surface area contributed by atoms with Crippen LogP contribution in [-0.2, 0) is 12.8 Å². The molecule has 0 fully saturated rings. The average Bonchev–Trinajstić information content (AvgIpc) is 2.43. The second-order valence-electron chi connectivity index (χ2n) is 4.85. The molecule has 21 heavy (non-hydrogen) atoms. The van der Waals surface area contributed by atoms with Crippen LogP contribution >= 0.6 is 0 Å². The van der Waals surface area contributed by atoms with Crippen molar-refractivity contribution >= 4 is 6.08 Å². The highest BCUT2D eigenvalue weighted by molar-refractivity contribution is 5.51. The number of allylic oxidation sites excluding steroid dienone is 1. The van der Waals surface area contributed by atoms with Crippen LogP contribution in [0.5, 0.6) is 0 Å². The van der Waals surface area contributed by atoms with E-state index in [1.165, 1.54) is 13.0 Å². The van der Waals surface area contributed by atoms with Crippen LogP contribution in [0.25, 0.3) is 6.08 Å². The van der Waals surface area contributed by atoms with Gasteiger partial charge in [-0.2, -0.15) is 0 Å². The minimum atomic E-state index is -1.45. The number of hydrogen-bond donors (Lipinski definition) is 0. The van der Waals surface area contributed by atoms with Crippen LogP contribution in [0.15, 0.2) is 42.2 Å². The quantitative estimate of drug-likeness (QED) is 0.536. The molecule has 0 radical (unpaired) electrons. The van der Waals surface area contributed by atoms with Crippen LogP contribution in [0.3, 0.4) is 0 Å². The summed E-state index contributed by atoms with van der Waals surface area (Å²) in [5.74, 6) is -4.08. The van der Waals surface area contributed by atoms with Crippen molar-refractivity contribution in [1.29, 1.82) is 0 Å². The first-order valence-electron chi connectivity index (χ1n) is 6.52. The molecule has 0 saturated heterocycles. The van der Waals surface area contributed by atoms with E-state index in [0.717, 1.165) is 23.3 Å². The Morgan fingerprint density at radius 3 is 1.95 bits per heavy atom. The Morgan fingerprint density at radius 2 is 1.43 bits per heavy atom. The standard InChI is InChI=1S/C17H14F4/c1-11(18)8-13-5-2-12(3-6-13)4-7-14-9-15(19)17(21)16(20)10-14/h2-3,5-6,8-10H,4,7H2,1H3/b11-8+. The maximum atomic E-state index is 13.1. The smallest absolute Gasteiger partial charge is 0.194 e. The maximum absolute atomic E-state index is 13.1. The third-order valence-electron chi connectivity index (χ3n) is 3.09. The molecular weight excluding hydrogens is 280 g/mol. The van der Waals surface area contributed by atoms with E-state index in [2.05, 4.69) is 0 Å². The van der Waals surface area contributed by atoms with Crippen molar-refractivity contribution in [2.75, 3.05) is 0 Å². The van der Waals surface area contributed by atoms with Crippen LogP contribution < -0.4 is 0 Å². The predicted molar refractivity (Wildman–Crippen MR) is 74.9 cm³/mol. The molecule has 2 aromatic rings. The molecule has 2 rings (SSSR count). The average molecular weight is 294 g/mol. The molecule has 0 atom stereocenters. The molecule has 0 bridgehead atoms. The van der Waals surface area contributed by atoms with E-state index in [1.807, 2.05) is 12.1 Å². The summed E-state index contributed by atoms with van der Waals surface area (Å²) in [7, 11) is 0. The lowest BCUT2D eigenvalue weighted by atomic mass is 10.0. The van der Waals surface area contributed by atoms with Crippen LogP contribution in [0.1, 0.15) is 23.6 Å². The molecule has 0 spiro atoms. The summed E-state index contributed by atoms with van der Waals surface area (Å²) in [4.78, 5) is 0. The molecule has 0 nitrogen and oxygen atoms in total. The van der Waals surface area contributed by atoms with Crippen LogP contribution in [-0.4, -0.2) is 0 Å². The summed E-state index contributed by atoms with van der Waals surface area (Å²) in [6.45, 7) is 1.37. The predicted octanol–water partition coefficient (Wildman–Crippen LogP) is 5.22. The van der Waals surface area contributed by atoms with Gasteiger partial charge in [-0.3, -0.25) is 0 Å². The first kappa shape index (κ1) is 15.3. The number of rotatable bonds is 4. The normalized spacial score (nSPS) is 11.8. The van der Waals surface area contributed by atoms with Crippen LogP contribution in [0.2, 0.25) is 0 Å². The molecule has 110 valence electrons. The fraction of sp³-hybridized carbons (Fsp3) is 0.176. The van der Waals surface area contributed by atoms with Gasteiger partial charge in [0.1, 0.15) is 0 Å². The van der Waals surface area contributed by atoms with Crippen molar-refractivity contribution < 1.29 is 17.6 Å². The van der Waals surface area contributed by atoms with Crippen LogP contribution in [0.4, 0.5) is 17.6 Å². The van der Waals surface area contributed by atoms with Gasteiger partial charge in [0, 0.05) is 0 Å². The minimum absolute atomic E-state index is 0.278. The van der Waals surface area contributed by atoms with Gasteiger partial charge in [0.05, 0.1) is 5.83 Å². The zero-order valence-corrected chi connectivity index (χ0v) is 11.5. The SMILES string of the molecule is C/C(F)=C\c1ccc(CCc2cc(F)c(F)c(F)c2)cc1. The lowest BCUT2D eigenvalue weighted by Gasteiger charge is -2.04. The summed E-state index contributed by atoms with van der Waals surface area (Å²) >= 11 is 0. The summed E-state index contributed by atoms with van der Waals surface area (Å²) in [6, 6.07) is 9.19. The molecule has 0 aliphatic carbocycles. The van der Waals surface area contributed by atoms with E-state index in [9.17, 15) is 17.6 Å². The Labute approximate surface area is 120 Å². The number of aryl methyl sites for hydroxylation is 2. The Kier molecular flexibility index (Phi) is 4.78. The summed E-state index contributed by atoms with van der Waals surface area (Å²) < 4.78 is 51.7. The molecule has 0 amide bonds. The van der Waals surface area contributed by atoms with E-state index in [0.29, 0.717) is 18.4 Å². The first-order chi connectivity index (χ1) is 9.95. The highest BCUT2D eigenvalue weighted by Crippen LogP contribution is 2.16. The first-order valence-corrected chi connectivity index (χ1v) is 6.52. The van der Waals surface area contributed by atoms with E-state index in [4.69, 9.17) is 0 Å². The Hall–Kier alpha value is -2.10. The van der Waals surface area contributed by atoms with E-state index in [1.54, 1.807) is 12.1 Å². The summed E-state index contributed by atoms with van der Waals surface area (Å²) in [5.41, 5.74) is 2.10. The van der Waals surface area contributed by atoms with E-state index in [-0.39, 0.29) is 5.83 Å². The Balaban J connectivity index is 2.05. The van der Waals surface area contributed by atoms with Gasteiger partial charge in [-0.1, -0.05) is 24.3 Å². The molecule has 0 saturated carbocycles. The molecule has 0 heterocycles. The molecular formula is C17H14F4. The highest BCUT2D eigenvalue weighted by atomic mass is 19.2. The van der Waals surface area contributed by atoms with Crippen molar-refractivity contribution in [3.8, 4) is 0 Å². The summed E-state index contributed by atoms with van der Waals surface area (Å²) in [5, 5.41) is 0. The molecule has 4 heteroatoms. The van der Waals surface area contributed by atoms with Gasteiger partial charge in [-0.05, 0) is 54.7 Å². The number of halogens is 4. The Morgan fingerprint density at radius 1 is 0.905 bits per heavy atom. The van der Waals surface area contributed by atoms with Crippen molar-refractivity contribution in [3.05, 3.63) is 76.4 Å². The highest BCUT2D eigenvalue weighted by Gasteiger charge is 2.10. The summed E-state index contributed by atoms with van der Waals surface area (Å²) in [6.07, 6.45) is 2.36. The lowest BCUT2D eigenvalue weighted by molar-refractivity contribution is 0.445. The fourth-order valence-electron chi connectivity index (χ4n) is 2.05. The zero-order valence-electron chi connectivity index (χ0n) is 11.5. The van der Waals surface area contributed by atoms with Gasteiger partial charge in [0.15, 0.2) is 17.5 Å². The lowest BCUT2D eigenvalue weighted by Crippen LogP contribution is -1.97. The van der Waals surface area contributed by atoms with Crippen LogP contribution in [0, 0.1) is 17.5 Å². The van der Waals surface area contributed by atoms with Gasteiger partial charge in [-0.15, -0.1) is 0 Å². The largest absolute Gasteiger partial charge is 0.212 e. The Bertz CT molecular complexity index is 630. The number of benzene rings is 2. The van der Waals surface area contributed by atoms with Crippen molar-refractivity contribution in [3.63, 3.8) is 0 Å². The minimum Gasteiger partial charge on any atom is -0.212 e. The van der Waals surface area contributed by atoms with Gasteiger partial charge >= 0.3 is 0 Å². The van der Waals surface area contributed by atoms with Crippen molar-refractivity contribution in [2.24, 2.45) is 0 Å². The monoisotopic (exact) mass is 294 g/mol. The maximum Gasteiger partial charge on any atom is 0.194 e. The zero-order chi connectivity index (χ0) is 15.4. The molecule has 0 aliphatic rings. The van der Waals surface area contributed by atoms with Gasteiger partial charge in [0.25, 0.3) is 0 Å². The molecule has 0 aliphatic heterocycles. The van der Waals surface area contributed by atoms with Crippen molar-refractivity contribution in [2.45, 2.75) is 19.8 Å². The van der Waals surface area contributed by atoms with E-state index >= 15 is 0 Å². The van der Waals surface area contributed by atoms with Crippen molar-refractivity contribution in [1.82, 2.24) is 0 Å². The van der Waals surface area contributed by atoms with Gasteiger partial charge in [0.2, 0.25) is 0 Å². The second kappa shape index (κ2) is 6.57.